The van der Waals surface area contributed by atoms with E-state index < -0.39 is 36.1 Å². The smallest absolute Gasteiger partial charge is 0.416 e. The molecule has 1 aromatic carbocycles. The average molecular weight is 553 g/mol. The number of nitrogens with zero attached hydrogens (tertiary/aromatic N) is 4. The maximum absolute atomic E-state index is 14.1. The van der Waals surface area contributed by atoms with E-state index >= 15 is 0 Å². The molecule has 2 aliphatic rings. The fourth-order valence-corrected chi connectivity index (χ4v) is 5.38. The molecule has 0 N–H and O–H groups in total. The molecule has 2 aliphatic heterocycles. The molecule has 0 saturated carbocycles. The standard InChI is InChI=1S/C25H21F5N4O3S/c26-16-2-1-3-17(27)23(16)20-11-18(33-37-20)19-13-38-24(32-19)14-5-8-34(9-6-14)22(35)12-36-21-10-15(4-7-31-21)25(28,29)30/h1-4,7,10,13-14,20H,5-6,8-9,11-12H2. The SMILES string of the molecule is O=C(COc1cc(C(F)(F)F)ccn1)N1CCC(c2nc(C3=NOC(c4c(F)cccc4F)C3)cs2)CC1. The van der Waals surface area contributed by atoms with Gasteiger partial charge in [0.25, 0.3) is 5.91 Å². The maximum atomic E-state index is 14.1. The molecule has 0 aliphatic carbocycles. The second-order valence-electron chi connectivity index (χ2n) is 8.87. The lowest BCUT2D eigenvalue weighted by molar-refractivity contribution is -0.137. The van der Waals surface area contributed by atoms with Gasteiger partial charge in [0, 0.05) is 43.1 Å². The van der Waals surface area contributed by atoms with E-state index in [1.165, 1.54) is 29.5 Å². The second-order valence-corrected chi connectivity index (χ2v) is 9.76. The minimum Gasteiger partial charge on any atom is -0.468 e. The third-order valence-corrected chi connectivity index (χ3v) is 7.42. The first-order valence-electron chi connectivity index (χ1n) is 11.7. The van der Waals surface area contributed by atoms with Crippen LogP contribution in [0.5, 0.6) is 5.88 Å². The molecule has 0 bridgehead atoms. The van der Waals surface area contributed by atoms with Crippen molar-refractivity contribution in [3.63, 3.8) is 0 Å². The fraction of sp³-hybridized carbons (Fsp3) is 0.360. The van der Waals surface area contributed by atoms with Crippen LogP contribution in [0.4, 0.5) is 22.0 Å². The largest absolute Gasteiger partial charge is 0.468 e. The van der Waals surface area contributed by atoms with Crippen LogP contribution in [-0.2, 0) is 15.8 Å². The number of amides is 1. The lowest BCUT2D eigenvalue weighted by atomic mass is 9.97. The van der Waals surface area contributed by atoms with Crippen LogP contribution in [0.2, 0.25) is 0 Å². The highest BCUT2D eigenvalue weighted by atomic mass is 32.1. The maximum Gasteiger partial charge on any atom is 0.416 e. The average Bonchev–Trinajstić information content (AvgIpc) is 3.57. The van der Waals surface area contributed by atoms with Gasteiger partial charge in [0.2, 0.25) is 5.88 Å². The van der Waals surface area contributed by atoms with Gasteiger partial charge in [0.05, 0.1) is 21.8 Å². The predicted molar refractivity (Wildman–Crippen MR) is 127 cm³/mol. The van der Waals surface area contributed by atoms with E-state index in [-0.39, 0.29) is 29.7 Å². The number of alkyl halides is 3. The van der Waals surface area contributed by atoms with Gasteiger partial charge in [0.15, 0.2) is 12.7 Å². The lowest BCUT2D eigenvalue weighted by Crippen LogP contribution is -2.40. The number of hydrogen-bond donors (Lipinski definition) is 0. The Labute approximate surface area is 217 Å². The van der Waals surface area contributed by atoms with Crippen LogP contribution in [0.1, 0.15) is 53.1 Å². The number of rotatable bonds is 6. The number of halogens is 5. The van der Waals surface area contributed by atoms with Crippen LogP contribution in [0.15, 0.2) is 47.1 Å². The van der Waals surface area contributed by atoms with Crippen molar-refractivity contribution < 1.29 is 36.3 Å². The van der Waals surface area contributed by atoms with Gasteiger partial charge in [-0.2, -0.15) is 13.2 Å². The van der Waals surface area contributed by atoms with Gasteiger partial charge in [-0.25, -0.2) is 18.7 Å². The Hall–Kier alpha value is -3.61. The van der Waals surface area contributed by atoms with Crippen molar-refractivity contribution in [2.45, 2.75) is 37.5 Å². The number of thiazole rings is 1. The number of piperidine rings is 1. The number of likely N-dealkylation sites (tertiary alicyclic amines) is 1. The van der Waals surface area contributed by atoms with Crippen LogP contribution in [0.3, 0.4) is 0 Å². The molecule has 1 atom stereocenters. The predicted octanol–water partition coefficient (Wildman–Crippen LogP) is 5.49. The van der Waals surface area contributed by atoms with Crippen molar-refractivity contribution in [1.82, 2.24) is 14.9 Å². The number of benzene rings is 1. The van der Waals surface area contributed by atoms with Crippen LogP contribution < -0.4 is 4.74 Å². The van der Waals surface area contributed by atoms with E-state index in [1.807, 2.05) is 5.38 Å². The minimum absolute atomic E-state index is 0.103. The zero-order valence-electron chi connectivity index (χ0n) is 19.8. The highest BCUT2D eigenvalue weighted by Crippen LogP contribution is 2.35. The molecule has 1 saturated heterocycles. The summed E-state index contributed by atoms with van der Waals surface area (Å²) in [6.07, 6.45) is -2.93. The highest BCUT2D eigenvalue weighted by molar-refractivity contribution is 7.10. The first-order valence-corrected chi connectivity index (χ1v) is 12.6. The van der Waals surface area contributed by atoms with E-state index in [9.17, 15) is 26.7 Å². The minimum atomic E-state index is -4.53. The first kappa shape index (κ1) is 26.0. The quantitative estimate of drug-likeness (QED) is 0.379. The third kappa shape index (κ3) is 5.62. The van der Waals surface area contributed by atoms with Gasteiger partial charge in [-0.05, 0) is 31.0 Å². The van der Waals surface area contributed by atoms with E-state index in [2.05, 4.69) is 15.1 Å². The van der Waals surface area contributed by atoms with Crippen LogP contribution >= 0.6 is 11.3 Å². The summed E-state index contributed by atoms with van der Waals surface area (Å²) in [5.74, 6) is -1.89. The number of ether oxygens (including phenoxy) is 1. The van der Waals surface area contributed by atoms with Crippen molar-refractivity contribution in [2.75, 3.05) is 19.7 Å². The van der Waals surface area contributed by atoms with E-state index in [1.54, 1.807) is 4.90 Å². The Morgan fingerprint density at radius 3 is 2.61 bits per heavy atom. The van der Waals surface area contributed by atoms with Crippen molar-refractivity contribution in [2.24, 2.45) is 5.16 Å². The number of aromatic nitrogens is 2. The normalized spacial score (nSPS) is 18.3. The highest BCUT2D eigenvalue weighted by Gasteiger charge is 2.32. The van der Waals surface area contributed by atoms with E-state index in [0.29, 0.717) is 37.3 Å². The molecule has 5 rings (SSSR count). The monoisotopic (exact) mass is 552 g/mol. The Morgan fingerprint density at radius 1 is 1.16 bits per heavy atom. The number of carbonyl (C=O) groups excluding carboxylic acids is 1. The summed E-state index contributed by atoms with van der Waals surface area (Å²) >= 11 is 1.44. The van der Waals surface area contributed by atoms with Crippen molar-refractivity contribution in [3.8, 4) is 5.88 Å². The molecule has 200 valence electrons. The Morgan fingerprint density at radius 2 is 1.89 bits per heavy atom. The van der Waals surface area contributed by atoms with Crippen LogP contribution in [0, 0.1) is 11.6 Å². The molecule has 4 heterocycles. The first-order chi connectivity index (χ1) is 18.2. The zero-order valence-corrected chi connectivity index (χ0v) is 20.6. The molecule has 2 aromatic heterocycles. The molecule has 13 heteroatoms. The molecule has 0 radical (unpaired) electrons. The molecule has 1 amide bonds. The van der Waals surface area contributed by atoms with E-state index in [0.717, 1.165) is 23.3 Å². The molecular weight excluding hydrogens is 531 g/mol. The summed E-state index contributed by atoms with van der Waals surface area (Å²) in [7, 11) is 0. The summed E-state index contributed by atoms with van der Waals surface area (Å²) < 4.78 is 71.9. The van der Waals surface area contributed by atoms with Gasteiger partial charge in [-0.15, -0.1) is 11.3 Å². The number of hydrogen-bond acceptors (Lipinski definition) is 7. The topological polar surface area (TPSA) is 76.9 Å². The Balaban J connectivity index is 1.13. The molecule has 0 spiro atoms. The number of pyridine rings is 1. The summed E-state index contributed by atoms with van der Waals surface area (Å²) in [6, 6.07) is 5.22. The van der Waals surface area contributed by atoms with Gasteiger partial charge in [0.1, 0.15) is 17.3 Å². The molecular formula is C25H21F5N4O3S. The van der Waals surface area contributed by atoms with Gasteiger partial charge in [-0.1, -0.05) is 11.2 Å². The Kier molecular flexibility index (Phi) is 7.28. The third-order valence-electron chi connectivity index (χ3n) is 6.41. The van der Waals surface area contributed by atoms with Crippen molar-refractivity contribution in [1.29, 1.82) is 0 Å². The number of carbonyl (C=O) groups is 1. The zero-order chi connectivity index (χ0) is 26.9. The van der Waals surface area contributed by atoms with Crippen molar-refractivity contribution >= 4 is 23.0 Å². The van der Waals surface area contributed by atoms with Gasteiger partial charge >= 0.3 is 6.18 Å². The van der Waals surface area contributed by atoms with Gasteiger partial charge < -0.3 is 14.5 Å². The molecule has 3 aromatic rings. The molecule has 1 unspecified atom stereocenters. The van der Waals surface area contributed by atoms with Crippen LogP contribution in [-0.4, -0.2) is 46.2 Å². The summed E-state index contributed by atoms with van der Waals surface area (Å²) in [5, 5.41) is 6.68. The Bertz CT molecular complexity index is 1330. The lowest BCUT2D eigenvalue weighted by Gasteiger charge is -2.31. The van der Waals surface area contributed by atoms with Crippen molar-refractivity contribution in [3.05, 3.63) is 75.4 Å². The summed E-state index contributed by atoms with van der Waals surface area (Å²) in [6.45, 7) is 0.469. The number of oxime groups is 1. The summed E-state index contributed by atoms with van der Waals surface area (Å²) in [4.78, 5) is 27.8. The molecule has 38 heavy (non-hydrogen) atoms. The molecule has 7 nitrogen and oxygen atoms in total. The summed E-state index contributed by atoms with van der Waals surface area (Å²) in [5.41, 5.74) is 0.0352. The van der Waals surface area contributed by atoms with Gasteiger partial charge in [-0.3, -0.25) is 4.79 Å². The fourth-order valence-electron chi connectivity index (χ4n) is 4.38. The van der Waals surface area contributed by atoms with E-state index in [4.69, 9.17) is 9.57 Å². The van der Waals surface area contributed by atoms with Crippen LogP contribution in [0.25, 0.3) is 0 Å². The molecule has 1 fully saturated rings. The second kappa shape index (κ2) is 10.6.